The van der Waals surface area contributed by atoms with E-state index in [1.807, 2.05) is 0 Å². The van der Waals surface area contributed by atoms with Crippen molar-refractivity contribution in [3.63, 3.8) is 0 Å². The van der Waals surface area contributed by atoms with E-state index in [4.69, 9.17) is 5.11 Å². The zero-order valence-corrected chi connectivity index (χ0v) is 12.9. The summed E-state index contributed by atoms with van der Waals surface area (Å²) < 4.78 is 37.6. The molecule has 0 unspecified atom stereocenters. The molecule has 0 saturated heterocycles. The molecule has 0 spiro atoms. The summed E-state index contributed by atoms with van der Waals surface area (Å²) in [6.07, 6.45) is 0.425. The standard InChI is InChI=1S/C14H9FO6S2/c15-8-1-3-9(4-2-8)23(20,21)14-10(5-6-22-14)11(16)7-12(17)13(18)19/h1-7,16H,(H,18,19). The van der Waals surface area contributed by atoms with Gasteiger partial charge in [0.25, 0.3) is 5.78 Å². The molecule has 120 valence electrons. The van der Waals surface area contributed by atoms with Gasteiger partial charge in [0.2, 0.25) is 9.84 Å². The molecule has 9 heteroatoms. The molecule has 1 heterocycles. The average molecular weight is 356 g/mol. The number of aliphatic hydroxyl groups is 1. The van der Waals surface area contributed by atoms with Gasteiger partial charge in [0, 0.05) is 11.6 Å². The SMILES string of the molecule is O=C(O)C(=O)C=C(O)c1ccsc1S(=O)(=O)c1ccc(F)cc1. The van der Waals surface area contributed by atoms with Gasteiger partial charge >= 0.3 is 5.97 Å². The van der Waals surface area contributed by atoms with Gasteiger partial charge < -0.3 is 10.2 Å². The second-order valence-electron chi connectivity index (χ2n) is 4.28. The Morgan fingerprint density at radius 2 is 1.70 bits per heavy atom. The second kappa shape index (κ2) is 6.31. The number of carbonyl (C=O) groups excluding carboxylic acids is 1. The quantitative estimate of drug-likeness (QED) is 0.368. The van der Waals surface area contributed by atoms with Crippen LogP contribution < -0.4 is 0 Å². The van der Waals surface area contributed by atoms with Gasteiger partial charge in [-0.3, -0.25) is 4.79 Å². The summed E-state index contributed by atoms with van der Waals surface area (Å²) in [6, 6.07) is 5.32. The highest BCUT2D eigenvalue weighted by molar-refractivity contribution is 7.93. The Bertz CT molecular complexity index is 894. The number of aliphatic hydroxyl groups excluding tert-OH is 1. The third-order valence-electron chi connectivity index (χ3n) is 2.75. The zero-order valence-electron chi connectivity index (χ0n) is 11.3. The monoisotopic (exact) mass is 356 g/mol. The van der Waals surface area contributed by atoms with E-state index in [1.165, 1.54) is 11.4 Å². The lowest BCUT2D eigenvalue weighted by atomic mass is 10.2. The number of rotatable bonds is 5. The maximum atomic E-state index is 12.9. The molecule has 0 saturated carbocycles. The van der Waals surface area contributed by atoms with Crippen molar-refractivity contribution in [3.05, 3.63) is 53.2 Å². The molecule has 2 N–H and O–H groups in total. The van der Waals surface area contributed by atoms with Crippen LogP contribution in [0.1, 0.15) is 5.56 Å². The number of halogens is 1. The molecule has 1 aromatic carbocycles. The molecule has 0 aliphatic rings. The Morgan fingerprint density at radius 1 is 1.09 bits per heavy atom. The lowest BCUT2D eigenvalue weighted by molar-refractivity contribution is -0.146. The molecular weight excluding hydrogens is 347 g/mol. The number of carboxylic acids is 1. The van der Waals surface area contributed by atoms with Gasteiger partial charge in [0.15, 0.2) is 0 Å². The highest BCUT2D eigenvalue weighted by atomic mass is 32.2. The molecule has 0 fully saturated rings. The van der Waals surface area contributed by atoms with Crippen LogP contribution in [0.3, 0.4) is 0 Å². The lowest BCUT2D eigenvalue weighted by Crippen LogP contribution is -2.10. The van der Waals surface area contributed by atoms with Gasteiger partial charge in [-0.1, -0.05) is 0 Å². The minimum absolute atomic E-state index is 0.194. The highest BCUT2D eigenvalue weighted by Gasteiger charge is 2.25. The molecule has 0 aliphatic carbocycles. The van der Waals surface area contributed by atoms with Crippen LogP contribution in [0.2, 0.25) is 0 Å². The number of carboxylic acid groups (broad SMARTS) is 1. The predicted octanol–water partition coefficient (Wildman–Crippen LogP) is 2.27. The van der Waals surface area contributed by atoms with Gasteiger partial charge in [0.1, 0.15) is 15.8 Å². The van der Waals surface area contributed by atoms with Gasteiger partial charge in [-0.05, 0) is 35.7 Å². The maximum Gasteiger partial charge on any atom is 0.376 e. The number of benzene rings is 1. The molecule has 0 atom stereocenters. The van der Waals surface area contributed by atoms with Crippen LogP contribution >= 0.6 is 11.3 Å². The fourth-order valence-corrected chi connectivity index (χ4v) is 4.44. The van der Waals surface area contributed by atoms with E-state index in [0.717, 1.165) is 35.6 Å². The molecular formula is C14H9FO6S2. The number of hydrogen-bond acceptors (Lipinski definition) is 6. The molecule has 2 rings (SSSR count). The van der Waals surface area contributed by atoms with Crippen molar-refractivity contribution >= 4 is 38.7 Å². The number of thiophene rings is 1. The topological polar surface area (TPSA) is 109 Å². The van der Waals surface area contributed by atoms with Crippen molar-refractivity contribution in [1.29, 1.82) is 0 Å². The number of ketones is 1. The van der Waals surface area contributed by atoms with Crippen molar-refractivity contribution in [2.75, 3.05) is 0 Å². The van der Waals surface area contributed by atoms with E-state index < -0.39 is 33.2 Å². The Hall–Kier alpha value is -2.52. The molecule has 2 aromatic rings. The zero-order chi connectivity index (χ0) is 17.2. The minimum atomic E-state index is -4.05. The van der Waals surface area contributed by atoms with Crippen LogP contribution in [0, 0.1) is 5.82 Å². The van der Waals surface area contributed by atoms with E-state index in [-0.39, 0.29) is 14.7 Å². The first kappa shape index (κ1) is 16.8. The van der Waals surface area contributed by atoms with Gasteiger partial charge in [-0.2, -0.15) is 0 Å². The Kier molecular flexibility index (Phi) is 4.62. The molecule has 23 heavy (non-hydrogen) atoms. The lowest BCUT2D eigenvalue weighted by Gasteiger charge is -2.05. The summed E-state index contributed by atoms with van der Waals surface area (Å²) in [5.41, 5.74) is -0.200. The fraction of sp³-hybridized carbons (Fsp3) is 0. The average Bonchev–Trinajstić information content (AvgIpc) is 2.97. The summed E-state index contributed by atoms with van der Waals surface area (Å²) in [7, 11) is -4.05. The molecule has 0 amide bonds. The maximum absolute atomic E-state index is 12.9. The number of hydrogen-bond donors (Lipinski definition) is 2. The van der Waals surface area contributed by atoms with Crippen molar-refractivity contribution in [2.45, 2.75) is 9.10 Å². The van der Waals surface area contributed by atoms with Crippen molar-refractivity contribution < 1.29 is 32.6 Å². The third kappa shape index (κ3) is 3.46. The minimum Gasteiger partial charge on any atom is -0.507 e. The summed E-state index contributed by atoms with van der Waals surface area (Å²) in [5, 5.41) is 19.7. The largest absolute Gasteiger partial charge is 0.507 e. The Balaban J connectivity index is 2.51. The summed E-state index contributed by atoms with van der Waals surface area (Å²) in [4.78, 5) is 21.4. The van der Waals surface area contributed by atoms with Crippen LogP contribution in [0.25, 0.3) is 5.76 Å². The molecule has 1 aromatic heterocycles. The predicted molar refractivity (Wildman–Crippen MR) is 79.4 cm³/mol. The normalized spacial score (nSPS) is 12.1. The van der Waals surface area contributed by atoms with Gasteiger partial charge in [-0.15, -0.1) is 11.3 Å². The molecule has 6 nitrogen and oxygen atoms in total. The van der Waals surface area contributed by atoms with E-state index in [2.05, 4.69) is 0 Å². The third-order valence-corrected chi connectivity index (χ3v) is 6.01. The molecule has 0 bridgehead atoms. The van der Waals surface area contributed by atoms with Crippen LogP contribution in [0.15, 0.2) is 50.9 Å². The van der Waals surface area contributed by atoms with Crippen LogP contribution in [-0.2, 0) is 19.4 Å². The summed E-state index contributed by atoms with van der Waals surface area (Å²) in [6.45, 7) is 0. The fourth-order valence-electron chi connectivity index (χ4n) is 1.68. The van der Waals surface area contributed by atoms with Crippen LogP contribution in [0.4, 0.5) is 4.39 Å². The van der Waals surface area contributed by atoms with Crippen LogP contribution in [0.5, 0.6) is 0 Å². The van der Waals surface area contributed by atoms with Crippen molar-refractivity contribution in [3.8, 4) is 0 Å². The van der Waals surface area contributed by atoms with Gasteiger partial charge in [0.05, 0.1) is 4.90 Å². The second-order valence-corrected chi connectivity index (χ2v) is 7.34. The smallest absolute Gasteiger partial charge is 0.376 e. The Labute approximate surface area is 134 Å². The van der Waals surface area contributed by atoms with Gasteiger partial charge in [-0.25, -0.2) is 17.6 Å². The number of aliphatic carboxylic acids is 1. The first-order valence-corrected chi connectivity index (χ1v) is 8.36. The summed E-state index contributed by atoms with van der Waals surface area (Å²) >= 11 is 0.778. The summed E-state index contributed by atoms with van der Waals surface area (Å²) in [5.74, 6) is -4.56. The number of sulfone groups is 1. The molecule has 0 aliphatic heterocycles. The van der Waals surface area contributed by atoms with E-state index in [1.54, 1.807) is 0 Å². The van der Waals surface area contributed by atoms with E-state index in [0.29, 0.717) is 6.08 Å². The van der Waals surface area contributed by atoms with Crippen LogP contribution in [-0.4, -0.2) is 30.4 Å². The highest BCUT2D eigenvalue weighted by Crippen LogP contribution is 2.32. The van der Waals surface area contributed by atoms with E-state index >= 15 is 0 Å². The number of carbonyl (C=O) groups is 2. The Morgan fingerprint density at radius 3 is 2.26 bits per heavy atom. The molecule has 0 radical (unpaired) electrons. The first-order chi connectivity index (χ1) is 10.7. The van der Waals surface area contributed by atoms with E-state index in [9.17, 15) is 27.5 Å². The van der Waals surface area contributed by atoms with Crippen molar-refractivity contribution in [2.24, 2.45) is 0 Å². The van der Waals surface area contributed by atoms with Crippen molar-refractivity contribution in [1.82, 2.24) is 0 Å². The first-order valence-electron chi connectivity index (χ1n) is 6.00.